The van der Waals surface area contributed by atoms with Crippen LogP contribution in [-0.4, -0.2) is 48.2 Å². The van der Waals surface area contributed by atoms with Gasteiger partial charge in [-0.2, -0.15) is 0 Å². The van der Waals surface area contributed by atoms with Gasteiger partial charge < -0.3 is 11.1 Å². The van der Waals surface area contributed by atoms with Crippen LogP contribution in [0.25, 0.3) is 0 Å². The van der Waals surface area contributed by atoms with E-state index < -0.39 is 11.8 Å². The number of alkyl halides is 1. The molecule has 0 saturated heterocycles. The van der Waals surface area contributed by atoms with Gasteiger partial charge in [0.25, 0.3) is 11.8 Å². The summed E-state index contributed by atoms with van der Waals surface area (Å²) in [6.07, 6.45) is 6.65. The number of nitrogens with one attached hydrogen (secondary N) is 2. The third kappa shape index (κ3) is 7.18. The lowest BCUT2D eigenvalue weighted by Gasteiger charge is -2.28. The van der Waals surface area contributed by atoms with Gasteiger partial charge in [-0.15, -0.1) is 11.6 Å². The monoisotopic (exact) mass is 346 g/mol. The van der Waals surface area contributed by atoms with Gasteiger partial charge in [-0.05, 0) is 19.4 Å². The van der Waals surface area contributed by atoms with Crippen LogP contribution in [0.5, 0.6) is 0 Å². The predicted octanol–water partition coefficient (Wildman–Crippen LogP) is 0.519. The first-order valence-electron chi connectivity index (χ1n) is 8.10. The Hall–Kier alpha value is -1.34. The van der Waals surface area contributed by atoms with Crippen LogP contribution in [0.3, 0.4) is 0 Å². The lowest BCUT2D eigenvalue weighted by molar-refractivity contribution is -0.141. The molecule has 8 heteroatoms. The molecule has 1 unspecified atom stereocenters. The van der Waals surface area contributed by atoms with Gasteiger partial charge in [0.2, 0.25) is 5.91 Å². The standard InChI is InChI=1S/C15H27ClN4O3/c1-18-12(9-11-5-3-2-4-6-11)15(23)19-20(14(22)10-16)8-7-13(17)21/h11-12,18H,2-10H2,1H3,(H2,17,21)(H,19,23). The average molecular weight is 347 g/mol. The number of nitrogens with zero attached hydrogens (tertiary/aromatic N) is 1. The number of nitrogens with two attached hydrogens (primary N) is 1. The highest BCUT2D eigenvalue weighted by Crippen LogP contribution is 2.27. The summed E-state index contributed by atoms with van der Waals surface area (Å²) >= 11 is 5.54. The van der Waals surface area contributed by atoms with Crippen molar-refractivity contribution in [2.45, 2.75) is 51.0 Å². The quantitative estimate of drug-likeness (QED) is 0.440. The fourth-order valence-electron chi connectivity index (χ4n) is 2.86. The molecule has 3 amide bonds. The van der Waals surface area contributed by atoms with Crippen molar-refractivity contribution < 1.29 is 14.4 Å². The predicted molar refractivity (Wildman–Crippen MR) is 88.4 cm³/mol. The Kier molecular flexibility index (Phi) is 8.94. The number of hydrazine groups is 1. The topological polar surface area (TPSA) is 105 Å². The largest absolute Gasteiger partial charge is 0.370 e. The van der Waals surface area contributed by atoms with Crippen LogP contribution >= 0.6 is 11.6 Å². The Labute approximate surface area is 142 Å². The molecule has 0 spiro atoms. The molecule has 7 nitrogen and oxygen atoms in total. The van der Waals surface area contributed by atoms with Crippen molar-refractivity contribution in [3.8, 4) is 0 Å². The highest BCUT2D eigenvalue weighted by Gasteiger charge is 2.25. The van der Waals surface area contributed by atoms with E-state index in [4.69, 9.17) is 17.3 Å². The summed E-state index contributed by atoms with van der Waals surface area (Å²) in [6.45, 7) is 0.0203. The third-order valence-electron chi connectivity index (χ3n) is 4.20. The molecule has 0 aromatic heterocycles. The minimum atomic E-state index is -0.543. The molecular weight excluding hydrogens is 320 g/mol. The zero-order valence-electron chi connectivity index (χ0n) is 13.6. The van der Waals surface area contributed by atoms with Crippen LogP contribution in [0, 0.1) is 5.92 Å². The number of likely N-dealkylation sites (N-methyl/N-ethyl adjacent to an activating group) is 1. The van der Waals surface area contributed by atoms with E-state index in [0.717, 1.165) is 24.3 Å². The lowest BCUT2D eigenvalue weighted by Crippen LogP contribution is -2.54. The van der Waals surface area contributed by atoms with Gasteiger partial charge in [0.05, 0.1) is 12.6 Å². The summed E-state index contributed by atoms with van der Waals surface area (Å²) < 4.78 is 0. The minimum absolute atomic E-state index is 0.0203. The number of carbonyl (C=O) groups excluding carboxylic acids is 3. The molecule has 23 heavy (non-hydrogen) atoms. The number of halogens is 1. The van der Waals surface area contributed by atoms with E-state index in [1.165, 1.54) is 19.3 Å². The summed E-state index contributed by atoms with van der Waals surface area (Å²) in [5.41, 5.74) is 7.64. The molecule has 0 aromatic carbocycles. The van der Waals surface area contributed by atoms with Gasteiger partial charge >= 0.3 is 0 Å². The van der Waals surface area contributed by atoms with Crippen LogP contribution in [0.4, 0.5) is 0 Å². The molecule has 1 aliphatic rings. The van der Waals surface area contributed by atoms with Crippen molar-refractivity contribution >= 4 is 29.3 Å². The van der Waals surface area contributed by atoms with Gasteiger partial charge in [-0.25, -0.2) is 0 Å². The van der Waals surface area contributed by atoms with Crippen molar-refractivity contribution in [3.63, 3.8) is 0 Å². The molecule has 1 rings (SSSR count). The van der Waals surface area contributed by atoms with Crippen LogP contribution in [0.1, 0.15) is 44.9 Å². The first kappa shape index (κ1) is 19.7. The highest BCUT2D eigenvalue weighted by atomic mass is 35.5. The summed E-state index contributed by atoms with van der Waals surface area (Å²) in [6, 6.07) is -0.377. The second kappa shape index (κ2) is 10.4. The SMILES string of the molecule is CNC(CC1CCCCC1)C(=O)NN(CCC(N)=O)C(=O)CCl. The second-order valence-electron chi connectivity index (χ2n) is 5.95. The Morgan fingerprint density at radius 2 is 1.91 bits per heavy atom. The van der Waals surface area contributed by atoms with E-state index in [0.29, 0.717) is 5.92 Å². The number of rotatable bonds is 8. The normalized spacial score (nSPS) is 16.6. The van der Waals surface area contributed by atoms with Crippen molar-refractivity contribution in [1.29, 1.82) is 0 Å². The zero-order chi connectivity index (χ0) is 17.2. The van der Waals surface area contributed by atoms with Gasteiger partial charge in [-0.1, -0.05) is 32.1 Å². The van der Waals surface area contributed by atoms with Crippen LogP contribution < -0.4 is 16.5 Å². The Morgan fingerprint density at radius 3 is 2.43 bits per heavy atom. The van der Waals surface area contributed by atoms with E-state index in [2.05, 4.69) is 10.7 Å². The van der Waals surface area contributed by atoms with Gasteiger partial charge in [0.1, 0.15) is 5.88 Å². The summed E-state index contributed by atoms with van der Waals surface area (Å²) in [4.78, 5) is 35.0. The Bertz CT molecular complexity index is 414. The molecule has 0 bridgehead atoms. The van der Waals surface area contributed by atoms with Gasteiger partial charge in [0.15, 0.2) is 0 Å². The average Bonchev–Trinajstić information content (AvgIpc) is 2.56. The zero-order valence-corrected chi connectivity index (χ0v) is 14.4. The number of primary amides is 1. The van der Waals surface area contributed by atoms with E-state index in [1.807, 2.05) is 0 Å². The van der Waals surface area contributed by atoms with E-state index in [-0.39, 0.29) is 30.8 Å². The number of hydrogen-bond donors (Lipinski definition) is 3. The molecule has 4 N–H and O–H groups in total. The van der Waals surface area contributed by atoms with Crippen LogP contribution in [-0.2, 0) is 14.4 Å². The summed E-state index contributed by atoms with van der Waals surface area (Å²) in [7, 11) is 1.73. The first-order valence-corrected chi connectivity index (χ1v) is 8.63. The summed E-state index contributed by atoms with van der Waals surface area (Å²) in [5, 5.41) is 4.08. The van der Waals surface area contributed by atoms with Crippen molar-refractivity contribution in [2.75, 3.05) is 19.5 Å². The Balaban J connectivity index is 2.58. The first-order chi connectivity index (χ1) is 11.0. The van der Waals surface area contributed by atoms with Crippen LogP contribution in [0.15, 0.2) is 0 Å². The van der Waals surface area contributed by atoms with E-state index in [1.54, 1.807) is 7.05 Å². The highest BCUT2D eigenvalue weighted by molar-refractivity contribution is 6.27. The molecule has 1 atom stereocenters. The molecular formula is C15H27ClN4O3. The molecule has 132 valence electrons. The Morgan fingerprint density at radius 1 is 1.26 bits per heavy atom. The van der Waals surface area contributed by atoms with Gasteiger partial charge in [0, 0.05) is 6.42 Å². The lowest BCUT2D eigenvalue weighted by atomic mass is 9.84. The fourth-order valence-corrected chi connectivity index (χ4v) is 3.00. The van der Waals surface area contributed by atoms with Crippen molar-refractivity contribution in [1.82, 2.24) is 15.8 Å². The smallest absolute Gasteiger partial charge is 0.255 e. The van der Waals surface area contributed by atoms with E-state index in [9.17, 15) is 14.4 Å². The molecule has 1 aliphatic carbocycles. The number of amides is 3. The number of hydrogen-bond acceptors (Lipinski definition) is 4. The number of carbonyl (C=O) groups is 3. The van der Waals surface area contributed by atoms with Crippen molar-refractivity contribution in [2.24, 2.45) is 11.7 Å². The summed E-state index contributed by atoms with van der Waals surface area (Å²) in [5.74, 6) is -1.05. The third-order valence-corrected chi connectivity index (χ3v) is 4.43. The molecule has 0 heterocycles. The second-order valence-corrected chi connectivity index (χ2v) is 6.22. The maximum atomic E-state index is 12.4. The molecule has 0 radical (unpaired) electrons. The minimum Gasteiger partial charge on any atom is -0.370 e. The molecule has 1 saturated carbocycles. The fraction of sp³-hybridized carbons (Fsp3) is 0.800. The maximum Gasteiger partial charge on any atom is 0.255 e. The molecule has 0 aromatic rings. The van der Waals surface area contributed by atoms with Gasteiger partial charge in [-0.3, -0.25) is 24.8 Å². The molecule has 1 fully saturated rings. The maximum absolute atomic E-state index is 12.4. The van der Waals surface area contributed by atoms with Crippen molar-refractivity contribution in [3.05, 3.63) is 0 Å². The van der Waals surface area contributed by atoms with Crippen LogP contribution in [0.2, 0.25) is 0 Å². The van der Waals surface area contributed by atoms with E-state index >= 15 is 0 Å². The molecule has 0 aliphatic heterocycles.